The summed E-state index contributed by atoms with van der Waals surface area (Å²) >= 11 is 0. The molecule has 42 heavy (non-hydrogen) atoms. The molecule has 0 saturated carbocycles. The van der Waals surface area contributed by atoms with E-state index in [-0.39, 0.29) is 35.1 Å². The number of anilines is 2. The first-order valence-corrected chi connectivity index (χ1v) is 14.8. The van der Waals surface area contributed by atoms with Gasteiger partial charge in [-0.3, -0.25) is 34.7 Å². The molecule has 1 aromatic carbocycles. The number of amides is 3. The van der Waals surface area contributed by atoms with E-state index in [2.05, 4.69) is 35.5 Å². The van der Waals surface area contributed by atoms with Crippen LogP contribution in [0.1, 0.15) is 55.4 Å². The van der Waals surface area contributed by atoms with Gasteiger partial charge in [-0.1, -0.05) is 0 Å². The quantitative estimate of drug-likeness (QED) is 0.296. The van der Waals surface area contributed by atoms with Gasteiger partial charge < -0.3 is 15.1 Å². The highest BCUT2D eigenvalue weighted by Gasteiger charge is 2.43. The molecule has 1 unspecified atom stereocenters. The lowest BCUT2D eigenvalue weighted by Crippen LogP contribution is -2.52. The number of non-ortho nitro benzene ring substituents is 1. The third-order valence-electron chi connectivity index (χ3n) is 9.45. The molecular formula is C29H36N8O5. The van der Waals surface area contributed by atoms with Crippen LogP contribution in [0.3, 0.4) is 0 Å². The van der Waals surface area contributed by atoms with Crippen LogP contribution >= 0.6 is 0 Å². The highest BCUT2D eigenvalue weighted by atomic mass is 16.6. The second-order valence-electron chi connectivity index (χ2n) is 12.0. The van der Waals surface area contributed by atoms with Gasteiger partial charge in [-0.2, -0.15) is 0 Å². The van der Waals surface area contributed by atoms with Crippen molar-refractivity contribution < 1.29 is 19.3 Å². The summed E-state index contributed by atoms with van der Waals surface area (Å²) in [6, 6.07) is 10.1. The molecule has 3 amide bonds. The van der Waals surface area contributed by atoms with Crippen molar-refractivity contribution in [2.24, 2.45) is 5.41 Å². The van der Waals surface area contributed by atoms with Crippen molar-refractivity contribution >= 4 is 34.9 Å². The lowest BCUT2D eigenvalue weighted by atomic mass is 9.77. The minimum Gasteiger partial charge on any atom is -0.371 e. The van der Waals surface area contributed by atoms with E-state index in [4.69, 9.17) is 0 Å². The zero-order valence-electron chi connectivity index (χ0n) is 23.5. The number of nitro groups is 1. The molecule has 4 fully saturated rings. The minimum atomic E-state index is -0.747. The van der Waals surface area contributed by atoms with E-state index < -0.39 is 17.9 Å². The van der Waals surface area contributed by atoms with Crippen molar-refractivity contribution in [2.45, 2.75) is 57.0 Å². The van der Waals surface area contributed by atoms with Crippen molar-refractivity contribution in [3.8, 4) is 0 Å². The van der Waals surface area contributed by atoms with E-state index in [1.807, 2.05) is 18.2 Å². The number of nitrogens with zero attached hydrogens (tertiary/aromatic N) is 6. The Morgan fingerprint density at radius 1 is 0.929 bits per heavy atom. The van der Waals surface area contributed by atoms with Crippen molar-refractivity contribution in [1.82, 2.24) is 25.7 Å². The van der Waals surface area contributed by atoms with Gasteiger partial charge in [-0.05, 0) is 74.8 Å². The summed E-state index contributed by atoms with van der Waals surface area (Å²) in [6.45, 7) is 5.94. The molecule has 6 rings (SSSR count). The van der Waals surface area contributed by atoms with E-state index in [0.717, 1.165) is 76.5 Å². The van der Waals surface area contributed by atoms with Gasteiger partial charge in [-0.15, -0.1) is 10.2 Å². The Morgan fingerprint density at radius 3 is 2.29 bits per heavy atom. The smallest absolute Gasteiger partial charge is 0.272 e. The van der Waals surface area contributed by atoms with E-state index >= 15 is 0 Å². The number of hydrogen-bond donors (Lipinski definition) is 2. The zero-order chi connectivity index (χ0) is 29.3. The Morgan fingerprint density at radius 2 is 1.64 bits per heavy atom. The summed E-state index contributed by atoms with van der Waals surface area (Å²) in [6.07, 6.45) is 6.04. The normalized spacial score (nSPS) is 23.2. The number of piperidine rings is 3. The highest BCUT2D eigenvalue weighted by molar-refractivity contribution is 6.03. The monoisotopic (exact) mass is 576 g/mol. The van der Waals surface area contributed by atoms with Gasteiger partial charge in [-0.25, -0.2) is 0 Å². The SMILES string of the molecule is O=C1CCC(NC(=O)c2ccc(N3CCC4(CC3)CCN(C3CCN(c5ccc([N+](=O)[O-])cc5)CC3)C4)nn2)C(=O)N1. The third kappa shape index (κ3) is 5.91. The van der Waals surface area contributed by atoms with Crippen molar-refractivity contribution in [1.29, 1.82) is 0 Å². The number of nitrogens with one attached hydrogen (secondary N) is 2. The molecule has 13 nitrogen and oxygen atoms in total. The summed E-state index contributed by atoms with van der Waals surface area (Å²) in [4.78, 5) is 53.6. The fourth-order valence-corrected chi connectivity index (χ4v) is 6.85. The first-order valence-electron chi connectivity index (χ1n) is 14.8. The van der Waals surface area contributed by atoms with E-state index in [1.54, 1.807) is 18.2 Å². The molecule has 2 aromatic rings. The number of benzene rings is 1. The summed E-state index contributed by atoms with van der Waals surface area (Å²) in [7, 11) is 0. The van der Waals surface area contributed by atoms with Crippen molar-refractivity contribution in [3.05, 3.63) is 52.2 Å². The van der Waals surface area contributed by atoms with Crippen molar-refractivity contribution in [2.75, 3.05) is 49.1 Å². The van der Waals surface area contributed by atoms with Crippen LogP contribution in [-0.2, 0) is 9.59 Å². The summed E-state index contributed by atoms with van der Waals surface area (Å²) in [5, 5.41) is 24.2. The molecule has 1 spiro atoms. The van der Waals surface area contributed by atoms with Crippen LogP contribution in [0.4, 0.5) is 17.2 Å². The first-order chi connectivity index (χ1) is 20.3. The van der Waals surface area contributed by atoms with Crippen LogP contribution in [0.2, 0.25) is 0 Å². The lowest BCUT2D eigenvalue weighted by Gasteiger charge is -2.41. The molecule has 222 valence electrons. The van der Waals surface area contributed by atoms with Gasteiger partial charge in [0.1, 0.15) is 6.04 Å². The van der Waals surface area contributed by atoms with Crippen molar-refractivity contribution in [3.63, 3.8) is 0 Å². The van der Waals surface area contributed by atoms with Gasteiger partial charge in [0.25, 0.3) is 11.6 Å². The van der Waals surface area contributed by atoms with Crippen LogP contribution in [0, 0.1) is 15.5 Å². The standard InChI is InChI=1S/C29H36N8O5/c38-26-8-6-23(27(39)31-26)30-28(40)24-5-7-25(33-32-24)35-16-11-29(12-17-35)13-18-36(19-29)21-9-14-34(15-10-21)20-1-3-22(4-2-20)37(41)42/h1-5,7,21,23H,6,8-19H2,(H,30,40)(H,31,38,39). The molecule has 4 saturated heterocycles. The maximum absolute atomic E-state index is 12.6. The maximum Gasteiger partial charge on any atom is 0.272 e. The molecule has 1 atom stereocenters. The van der Waals surface area contributed by atoms with Crippen LogP contribution in [0.5, 0.6) is 0 Å². The van der Waals surface area contributed by atoms with Gasteiger partial charge >= 0.3 is 0 Å². The van der Waals surface area contributed by atoms with E-state index in [1.165, 1.54) is 6.42 Å². The largest absolute Gasteiger partial charge is 0.371 e. The van der Waals surface area contributed by atoms with Gasteiger partial charge in [0.2, 0.25) is 11.8 Å². The second kappa shape index (κ2) is 11.6. The van der Waals surface area contributed by atoms with Gasteiger partial charge in [0.15, 0.2) is 11.5 Å². The Bertz CT molecular complexity index is 1330. The Hall–Kier alpha value is -4.13. The molecule has 4 aliphatic rings. The summed E-state index contributed by atoms with van der Waals surface area (Å²) in [5.41, 5.74) is 1.64. The molecule has 13 heteroatoms. The molecule has 5 heterocycles. The predicted octanol–water partition coefficient (Wildman–Crippen LogP) is 1.88. The van der Waals surface area contributed by atoms with E-state index in [9.17, 15) is 24.5 Å². The Kier molecular flexibility index (Phi) is 7.76. The summed E-state index contributed by atoms with van der Waals surface area (Å²) < 4.78 is 0. The van der Waals surface area contributed by atoms with E-state index in [0.29, 0.717) is 11.5 Å². The average Bonchev–Trinajstić information content (AvgIpc) is 3.42. The number of aromatic nitrogens is 2. The number of hydrogen-bond acceptors (Lipinski definition) is 10. The van der Waals surface area contributed by atoms with Crippen LogP contribution in [0.25, 0.3) is 0 Å². The van der Waals surface area contributed by atoms with Gasteiger partial charge in [0, 0.05) is 63.0 Å². The van der Waals surface area contributed by atoms with Crippen LogP contribution < -0.4 is 20.4 Å². The zero-order valence-corrected chi connectivity index (χ0v) is 23.5. The summed E-state index contributed by atoms with van der Waals surface area (Å²) in [5.74, 6) is -0.559. The number of nitro benzene ring substituents is 1. The maximum atomic E-state index is 12.6. The number of imide groups is 1. The molecule has 0 aliphatic carbocycles. The number of likely N-dealkylation sites (tertiary alicyclic amines) is 1. The fourth-order valence-electron chi connectivity index (χ4n) is 6.85. The predicted molar refractivity (Wildman–Crippen MR) is 154 cm³/mol. The molecular weight excluding hydrogens is 540 g/mol. The molecule has 0 bridgehead atoms. The average molecular weight is 577 g/mol. The molecule has 2 N–H and O–H groups in total. The fraction of sp³-hybridized carbons (Fsp3) is 0.552. The van der Waals surface area contributed by atoms with Crippen LogP contribution in [-0.4, -0.2) is 89.1 Å². The Balaban J connectivity index is 0.965. The highest BCUT2D eigenvalue weighted by Crippen LogP contribution is 2.42. The minimum absolute atomic E-state index is 0.126. The van der Waals surface area contributed by atoms with Crippen LogP contribution in [0.15, 0.2) is 36.4 Å². The number of rotatable bonds is 6. The molecule has 1 aromatic heterocycles. The Labute approximate surface area is 243 Å². The molecule has 0 radical (unpaired) electrons. The number of carbonyl (C=O) groups excluding carboxylic acids is 3. The molecule has 4 aliphatic heterocycles. The topological polar surface area (TPSA) is 154 Å². The van der Waals surface area contributed by atoms with Gasteiger partial charge in [0.05, 0.1) is 4.92 Å². The lowest BCUT2D eigenvalue weighted by molar-refractivity contribution is -0.384. The first kappa shape index (κ1) is 28.0. The second-order valence-corrected chi connectivity index (χ2v) is 12.0. The number of carbonyl (C=O) groups is 3. The third-order valence-corrected chi connectivity index (χ3v) is 9.45.